The number of imide groups is 1. The molecule has 2 heterocycles. The number of hydrogen-bond acceptors (Lipinski definition) is 4. The molecule has 0 radical (unpaired) electrons. The van der Waals surface area contributed by atoms with Crippen LogP contribution in [0.1, 0.15) is 51.9 Å². The second kappa shape index (κ2) is 5.45. The van der Waals surface area contributed by atoms with Crippen molar-refractivity contribution in [2.45, 2.75) is 69.5 Å². The molecule has 0 spiro atoms. The lowest BCUT2D eigenvalue weighted by Gasteiger charge is -2.31. The molecular formula is C15H24N2O3. The molecule has 3 rings (SSSR count). The highest BCUT2D eigenvalue weighted by Gasteiger charge is 2.45. The van der Waals surface area contributed by atoms with Crippen LogP contribution in [-0.4, -0.2) is 47.6 Å². The van der Waals surface area contributed by atoms with E-state index in [2.05, 4.69) is 12.2 Å². The summed E-state index contributed by atoms with van der Waals surface area (Å²) in [6.45, 7) is 3.42. The van der Waals surface area contributed by atoms with Crippen LogP contribution >= 0.6 is 0 Å². The Morgan fingerprint density at radius 2 is 2.00 bits per heavy atom. The Kier molecular flexibility index (Phi) is 3.82. The number of likely N-dealkylation sites (tertiary alicyclic amines) is 1. The number of amides is 2. The Labute approximate surface area is 120 Å². The Morgan fingerprint density at radius 1 is 1.25 bits per heavy atom. The normalized spacial score (nSPS) is 36.0. The molecule has 112 valence electrons. The maximum absolute atomic E-state index is 12.5. The predicted molar refractivity (Wildman–Crippen MR) is 74.1 cm³/mol. The van der Waals surface area contributed by atoms with E-state index in [1.165, 1.54) is 6.42 Å². The van der Waals surface area contributed by atoms with Crippen LogP contribution < -0.4 is 5.32 Å². The highest BCUT2D eigenvalue weighted by atomic mass is 16.5. The monoisotopic (exact) mass is 280 g/mol. The molecular weight excluding hydrogens is 256 g/mol. The van der Waals surface area contributed by atoms with Gasteiger partial charge in [-0.3, -0.25) is 19.8 Å². The van der Waals surface area contributed by atoms with E-state index in [-0.39, 0.29) is 29.4 Å². The third-order valence-electron chi connectivity index (χ3n) is 4.86. The maximum atomic E-state index is 12.5. The predicted octanol–water partition coefficient (Wildman–Crippen LogP) is 1.22. The van der Waals surface area contributed by atoms with Crippen molar-refractivity contribution in [1.29, 1.82) is 0 Å². The number of nitrogens with one attached hydrogen (secondary N) is 1. The van der Waals surface area contributed by atoms with Gasteiger partial charge in [-0.25, -0.2) is 0 Å². The molecule has 2 atom stereocenters. The zero-order chi connectivity index (χ0) is 14.2. The smallest absolute Gasteiger partial charge is 0.247 e. The van der Waals surface area contributed by atoms with E-state index in [4.69, 9.17) is 4.74 Å². The van der Waals surface area contributed by atoms with Crippen molar-refractivity contribution in [3.63, 3.8) is 0 Å². The van der Waals surface area contributed by atoms with Crippen molar-refractivity contribution >= 4 is 11.8 Å². The Hall–Kier alpha value is -0.940. The molecule has 0 aromatic carbocycles. The second-order valence-electron chi connectivity index (χ2n) is 6.66. The summed E-state index contributed by atoms with van der Waals surface area (Å²) in [5.41, 5.74) is -0.164. The van der Waals surface area contributed by atoms with E-state index >= 15 is 0 Å². The van der Waals surface area contributed by atoms with Gasteiger partial charge in [-0.1, -0.05) is 19.3 Å². The van der Waals surface area contributed by atoms with E-state index in [1.807, 2.05) is 0 Å². The summed E-state index contributed by atoms with van der Waals surface area (Å²) in [6.07, 6.45) is 6.65. The molecule has 5 nitrogen and oxygen atoms in total. The second-order valence-corrected chi connectivity index (χ2v) is 6.66. The summed E-state index contributed by atoms with van der Waals surface area (Å²) in [6, 6.07) is -0.209. The number of ether oxygens (including phenoxy) is 1. The van der Waals surface area contributed by atoms with Crippen LogP contribution in [0.3, 0.4) is 0 Å². The highest BCUT2D eigenvalue weighted by molar-refractivity contribution is 6.05. The van der Waals surface area contributed by atoms with Gasteiger partial charge in [-0.05, 0) is 26.2 Å². The molecule has 1 aliphatic carbocycles. The molecule has 3 fully saturated rings. The van der Waals surface area contributed by atoms with Gasteiger partial charge >= 0.3 is 0 Å². The van der Waals surface area contributed by atoms with Gasteiger partial charge in [0, 0.05) is 18.2 Å². The molecule has 0 bridgehead atoms. The Morgan fingerprint density at radius 3 is 2.65 bits per heavy atom. The molecule has 0 aromatic rings. The van der Waals surface area contributed by atoms with Gasteiger partial charge < -0.3 is 4.74 Å². The van der Waals surface area contributed by atoms with Crippen LogP contribution in [0.2, 0.25) is 0 Å². The van der Waals surface area contributed by atoms with E-state index in [0.717, 1.165) is 38.7 Å². The molecule has 1 N–H and O–H groups in total. The van der Waals surface area contributed by atoms with E-state index in [1.54, 1.807) is 4.90 Å². The molecule has 3 aliphatic rings. The van der Waals surface area contributed by atoms with E-state index < -0.39 is 0 Å². The van der Waals surface area contributed by atoms with Gasteiger partial charge in [0.05, 0.1) is 19.1 Å². The molecule has 1 saturated carbocycles. The summed E-state index contributed by atoms with van der Waals surface area (Å²) < 4.78 is 5.40. The van der Waals surface area contributed by atoms with Gasteiger partial charge in [0.1, 0.15) is 0 Å². The average molecular weight is 280 g/mol. The lowest BCUT2D eigenvalue weighted by Crippen LogP contribution is -2.52. The van der Waals surface area contributed by atoms with Crippen molar-refractivity contribution in [2.24, 2.45) is 0 Å². The number of hydrogen-bond donors (Lipinski definition) is 1. The lowest BCUT2D eigenvalue weighted by atomic mass is 9.94. The summed E-state index contributed by atoms with van der Waals surface area (Å²) in [4.78, 5) is 26.3. The summed E-state index contributed by atoms with van der Waals surface area (Å²) in [7, 11) is 0. The van der Waals surface area contributed by atoms with Gasteiger partial charge in [-0.2, -0.15) is 0 Å². The molecule has 2 aliphatic heterocycles. The molecule has 2 amide bonds. The molecule has 20 heavy (non-hydrogen) atoms. The first-order valence-electron chi connectivity index (χ1n) is 7.80. The SMILES string of the molecule is CC1(NC2CC(=O)N(C3CCCCC3)C2=O)CCOC1. The van der Waals surface area contributed by atoms with Crippen molar-refractivity contribution in [3.05, 3.63) is 0 Å². The Balaban J connectivity index is 1.66. The number of carbonyl (C=O) groups is 2. The third-order valence-corrected chi connectivity index (χ3v) is 4.86. The van der Waals surface area contributed by atoms with Gasteiger partial charge in [0.2, 0.25) is 11.8 Å². The summed E-state index contributed by atoms with van der Waals surface area (Å²) in [5, 5.41) is 3.37. The average Bonchev–Trinajstić information content (AvgIpc) is 2.96. The van der Waals surface area contributed by atoms with Gasteiger partial charge in [-0.15, -0.1) is 0 Å². The van der Waals surface area contributed by atoms with Crippen LogP contribution in [0, 0.1) is 0 Å². The van der Waals surface area contributed by atoms with Crippen molar-refractivity contribution in [3.8, 4) is 0 Å². The zero-order valence-corrected chi connectivity index (χ0v) is 12.2. The lowest BCUT2D eigenvalue weighted by molar-refractivity contribution is -0.142. The number of rotatable bonds is 3. The van der Waals surface area contributed by atoms with E-state index in [0.29, 0.717) is 13.0 Å². The van der Waals surface area contributed by atoms with Crippen LogP contribution in [0.15, 0.2) is 0 Å². The first-order chi connectivity index (χ1) is 9.59. The maximum Gasteiger partial charge on any atom is 0.247 e. The van der Waals surface area contributed by atoms with Crippen molar-refractivity contribution in [1.82, 2.24) is 10.2 Å². The van der Waals surface area contributed by atoms with Crippen LogP contribution in [0.5, 0.6) is 0 Å². The van der Waals surface area contributed by atoms with Crippen LogP contribution in [-0.2, 0) is 14.3 Å². The van der Waals surface area contributed by atoms with Crippen LogP contribution in [0.4, 0.5) is 0 Å². The van der Waals surface area contributed by atoms with Crippen molar-refractivity contribution in [2.75, 3.05) is 13.2 Å². The van der Waals surface area contributed by atoms with Gasteiger partial charge in [0.15, 0.2) is 0 Å². The summed E-state index contributed by atoms with van der Waals surface area (Å²) >= 11 is 0. The topological polar surface area (TPSA) is 58.6 Å². The van der Waals surface area contributed by atoms with Crippen molar-refractivity contribution < 1.29 is 14.3 Å². The first kappa shape index (κ1) is 14.0. The molecule has 5 heteroatoms. The fourth-order valence-electron chi connectivity index (χ4n) is 3.69. The largest absolute Gasteiger partial charge is 0.379 e. The highest BCUT2D eigenvalue weighted by Crippen LogP contribution is 2.29. The minimum Gasteiger partial charge on any atom is -0.379 e. The molecule has 2 saturated heterocycles. The minimum absolute atomic E-state index is 0.00177. The van der Waals surface area contributed by atoms with Gasteiger partial charge in [0.25, 0.3) is 0 Å². The van der Waals surface area contributed by atoms with Crippen LogP contribution in [0.25, 0.3) is 0 Å². The quantitative estimate of drug-likeness (QED) is 0.790. The molecule has 0 aromatic heterocycles. The Bertz CT molecular complexity index is 398. The third kappa shape index (κ3) is 2.61. The fourth-order valence-corrected chi connectivity index (χ4v) is 3.69. The molecule has 2 unspecified atom stereocenters. The number of carbonyl (C=O) groups excluding carboxylic acids is 2. The fraction of sp³-hybridized carbons (Fsp3) is 0.867. The zero-order valence-electron chi connectivity index (χ0n) is 12.2. The number of nitrogens with zero attached hydrogens (tertiary/aromatic N) is 1. The summed E-state index contributed by atoms with van der Waals surface area (Å²) in [5.74, 6) is -0.0167. The first-order valence-corrected chi connectivity index (χ1v) is 7.80. The standard InChI is InChI=1S/C15H24N2O3/c1-15(7-8-20-10-15)16-12-9-13(18)17(14(12)19)11-5-3-2-4-6-11/h11-12,16H,2-10H2,1H3. The minimum atomic E-state index is -0.351. The van der Waals surface area contributed by atoms with E-state index in [9.17, 15) is 9.59 Å².